The van der Waals surface area contributed by atoms with Gasteiger partial charge in [0.25, 0.3) is 0 Å². The fraction of sp³-hybridized carbons (Fsp3) is 0.444. The second kappa shape index (κ2) is 7.45. The third-order valence-electron chi connectivity index (χ3n) is 4.68. The summed E-state index contributed by atoms with van der Waals surface area (Å²) >= 11 is 5.89. The van der Waals surface area contributed by atoms with Crippen LogP contribution in [0, 0.1) is 12.8 Å². The molecular formula is C18H21ClN4O3. The second-order valence-corrected chi connectivity index (χ2v) is 7.23. The van der Waals surface area contributed by atoms with Gasteiger partial charge >= 0.3 is 5.97 Å². The quantitative estimate of drug-likeness (QED) is 0.865. The van der Waals surface area contributed by atoms with Crippen LogP contribution >= 0.6 is 11.6 Å². The molecule has 2 heterocycles. The SMILES string of the molecule is Cc1nnc2n1CC(C(=O)O)N(C(=O)CC(C)Cc1ccc(Cl)cc1)C2. The van der Waals surface area contributed by atoms with Gasteiger partial charge in [0.05, 0.1) is 13.1 Å². The highest BCUT2D eigenvalue weighted by atomic mass is 35.5. The minimum absolute atomic E-state index is 0.0830. The van der Waals surface area contributed by atoms with E-state index in [4.69, 9.17) is 11.6 Å². The van der Waals surface area contributed by atoms with E-state index in [0.717, 1.165) is 12.0 Å². The molecule has 0 aliphatic carbocycles. The minimum atomic E-state index is -1.01. The van der Waals surface area contributed by atoms with Crippen molar-refractivity contribution in [2.75, 3.05) is 0 Å². The second-order valence-electron chi connectivity index (χ2n) is 6.79. The lowest BCUT2D eigenvalue weighted by Gasteiger charge is -2.34. The summed E-state index contributed by atoms with van der Waals surface area (Å²) in [5.74, 6) is 0.182. The highest BCUT2D eigenvalue weighted by molar-refractivity contribution is 6.30. The van der Waals surface area contributed by atoms with Gasteiger partial charge in [-0.05, 0) is 37.0 Å². The van der Waals surface area contributed by atoms with Crippen LogP contribution in [-0.4, -0.2) is 42.7 Å². The average molecular weight is 377 g/mol. The van der Waals surface area contributed by atoms with E-state index < -0.39 is 12.0 Å². The summed E-state index contributed by atoms with van der Waals surface area (Å²) in [4.78, 5) is 25.8. The molecule has 2 atom stereocenters. The Kier molecular flexibility index (Phi) is 5.27. The number of carbonyl (C=O) groups excluding carboxylic acids is 1. The zero-order chi connectivity index (χ0) is 18.8. The van der Waals surface area contributed by atoms with Crippen LogP contribution in [0.2, 0.25) is 5.02 Å². The number of carboxylic acid groups (broad SMARTS) is 1. The van der Waals surface area contributed by atoms with Crippen molar-refractivity contribution in [2.45, 2.75) is 45.8 Å². The van der Waals surface area contributed by atoms with Crippen molar-refractivity contribution in [2.24, 2.45) is 5.92 Å². The van der Waals surface area contributed by atoms with Crippen molar-refractivity contribution in [3.63, 3.8) is 0 Å². The maximum Gasteiger partial charge on any atom is 0.328 e. The molecule has 138 valence electrons. The third-order valence-corrected chi connectivity index (χ3v) is 4.93. The maximum atomic E-state index is 12.8. The Hall–Kier alpha value is -2.41. The standard InChI is InChI=1S/C18H21ClN4O3/c1-11(7-13-3-5-14(19)6-4-13)8-17(24)23-10-16-21-20-12(2)22(16)9-15(23)18(25)26/h3-6,11,15H,7-10H2,1-2H3,(H,25,26). The van der Waals surface area contributed by atoms with Crippen molar-refractivity contribution in [3.8, 4) is 0 Å². The fourth-order valence-electron chi connectivity index (χ4n) is 3.30. The lowest BCUT2D eigenvalue weighted by molar-refractivity contribution is -0.153. The molecule has 7 nitrogen and oxygen atoms in total. The summed E-state index contributed by atoms with van der Waals surface area (Å²) in [6, 6.07) is 6.63. The Morgan fingerprint density at radius 1 is 1.31 bits per heavy atom. The van der Waals surface area contributed by atoms with Crippen LogP contribution in [0.4, 0.5) is 0 Å². The first-order valence-corrected chi connectivity index (χ1v) is 8.88. The van der Waals surface area contributed by atoms with E-state index in [1.165, 1.54) is 4.90 Å². The maximum absolute atomic E-state index is 12.8. The van der Waals surface area contributed by atoms with Gasteiger partial charge in [0, 0.05) is 11.4 Å². The first-order chi connectivity index (χ1) is 12.3. The number of fused-ring (bicyclic) bond motifs is 1. The summed E-state index contributed by atoms with van der Waals surface area (Å²) in [6.45, 7) is 4.12. The summed E-state index contributed by atoms with van der Waals surface area (Å²) in [6.07, 6.45) is 1.00. The molecule has 0 radical (unpaired) electrons. The largest absolute Gasteiger partial charge is 0.480 e. The first-order valence-electron chi connectivity index (χ1n) is 8.50. The van der Waals surface area contributed by atoms with Gasteiger partial charge in [0.2, 0.25) is 5.91 Å². The molecule has 8 heteroatoms. The van der Waals surface area contributed by atoms with E-state index in [0.29, 0.717) is 16.7 Å². The molecule has 1 aromatic heterocycles. The van der Waals surface area contributed by atoms with Crippen LogP contribution in [0.15, 0.2) is 24.3 Å². The molecule has 1 amide bonds. The molecule has 0 spiro atoms. The molecule has 1 N–H and O–H groups in total. The Morgan fingerprint density at radius 2 is 2.00 bits per heavy atom. The molecule has 26 heavy (non-hydrogen) atoms. The van der Waals surface area contributed by atoms with Crippen LogP contribution in [0.25, 0.3) is 0 Å². The average Bonchev–Trinajstić information content (AvgIpc) is 2.96. The van der Waals surface area contributed by atoms with Crippen LogP contribution in [0.1, 0.15) is 30.6 Å². The van der Waals surface area contributed by atoms with Crippen molar-refractivity contribution < 1.29 is 14.7 Å². The van der Waals surface area contributed by atoms with Crippen molar-refractivity contribution in [3.05, 3.63) is 46.5 Å². The fourth-order valence-corrected chi connectivity index (χ4v) is 3.42. The van der Waals surface area contributed by atoms with Gasteiger partial charge in [-0.1, -0.05) is 30.7 Å². The summed E-state index contributed by atoms with van der Waals surface area (Å²) < 4.78 is 1.76. The number of aliphatic carboxylic acids is 1. The van der Waals surface area contributed by atoms with Crippen LogP contribution in [0.3, 0.4) is 0 Å². The number of aryl methyl sites for hydroxylation is 1. The Bertz CT molecular complexity index is 818. The number of nitrogens with zero attached hydrogens (tertiary/aromatic N) is 4. The molecule has 1 aliphatic heterocycles. The zero-order valence-corrected chi connectivity index (χ0v) is 15.5. The van der Waals surface area contributed by atoms with Crippen LogP contribution in [0.5, 0.6) is 0 Å². The van der Waals surface area contributed by atoms with Crippen molar-refractivity contribution in [1.29, 1.82) is 0 Å². The molecule has 2 aromatic rings. The Labute approximate surface area is 156 Å². The zero-order valence-electron chi connectivity index (χ0n) is 14.7. The number of hydrogen-bond donors (Lipinski definition) is 1. The molecule has 0 fully saturated rings. The number of benzene rings is 1. The van der Waals surface area contributed by atoms with Gasteiger partial charge in [-0.15, -0.1) is 10.2 Å². The number of aromatic nitrogens is 3. The van der Waals surface area contributed by atoms with Crippen molar-refractivity contribution in [1.82, 2.24) is 19.7 Å². The number of rotatable bonds is 5. The lowest BCUT2D eigenvalue weighted by atomic mass is 9.97. The molecule has 1 aliphatic rings. The smallest absolute Gasteiger partial charge is 0.328 e. The van der Waals surface area contributed by atoms with E-state index in [-0.39, 0.29) is 31.3 Å². The number of amides is 1. The highest BCUT2D eigenvalue weighted by Crippen LogP contribution is 2.22. The number of carboxylic acids is 1. The third kappa shape index (κ3) is 3.88. The topological polar surface area (TPSA) is 88.3 Å². The molecule has 3 rings (SSSR count). The van der Waals surface area contributed by atoms with Gasteiger partial charge in [-0.25, -0.2) is 4.79 Å². The van der Waals surface area contributed by atoms with Crippen LogP contribution < -0.4 is 0 Å². The molecule has 2 unspecified atom stereocenters. The van der Waals surface area contributed by atoms with E-state index in [9.17, 15) is 14.7 Å². The molecule has 0 saturated carbocycles. The first kappa shape index (κ1) is 18.4. The van der Waals surface area contributed by atoms with E-state index in [1.54, 1.807) is 11.5 Å². The lowest BCUT2D eigenvalue weighted by Crippen LogP contribution is -2.51. The molecule has 0 bridgehead atoms. The van der Waals surface area contributed by atoms with Crippen LogP contribution in [-0.2, 0) is 29.1 Å². The molecular weight excluding hydrogens is 356 g/mol. The summed E-state index contributed by atoms with van der Waals surface area (Å²) in [7, 11) is 0. The van der Waals surface area contributed by atoms with Gasteiger partial charge in [-0.2, -0.15) is 0 Å². The number of carbonyl (C=O) groups is 2. The van der Waals surface area contributed by atoms with E-state index in [1.807, 2.05) is 31.2 Å². The Morgan fingerprint density at radius 3 is 2.65 bits per heavy atom. The van der Waals surface area contributed by atoms with E-state index >= 15 is 0 Å². The monoisotopic (exact) mass is 376 g/mol. The van der Waals surface area contributed by atoms with E-state index in [2.05, 4.69) is 10.2 Å². The van der Waals surface area contributed by atoms with Gasteiger partial charge < -0.3 is 14.6 Å². The normalized spacial score (nSPS) is 17.7. The Balaban J connectivity index is 1.69. The number of hydrogen-bond acceptors (Lipinski definition) is 4. The number of halogens is 1. The minimum Gasteiger partial charge on any atom is -0.480 e. The molecule has 0 saturated heterocycles. The van der Waals surface area contributed by atoms with Gasteiger partial charge in [0.1, 0.15) is 11.9 Å². The predicted octanol–water partition coefficient (Wildman–Crippen LogP) is 2.30. The highest BCUT2D eigenvalue weighted by Gasteiger charge is 2.36. The van der Waals surface area contributed by atoms with Gasteiger partial charge in [-0.3, -0.25) is 4.79 Å². The van der Waals surface area contributed by atoms with Crippen molar-refractivity contribution >= 4 is 23.5 Å². The van der Waals surface area contributed by atoms with Gasteiger partial charge in [0.15, 0.2) is 5.82 Å². The summed E-state index contributed by atoms with van der Waals surface area (Å²) in [5.41, 5.74) is 1.10. The molecule has 1 aromatic carbocycles. The predicted molar refractivity (Wildman–Crippen MR) is 95.7 cm³/mol. The summed E-state index contributed by atoms with van der Waals surface area (Å²) in [5, 5.41) is 18.3.